The summed E-state index contributed by atoms with van der Waals surface area (Å²) in [5, 5.41) is 9.24. The van der Waals surface area contributed by atoms with Crippen molar-refractivity contribution in [3.8, 4) is 6.07 Å². The first-order valence-corrected chi connectivity index (χ1v) is 6.37. The first-order valence-electron chi connectivity index (χ1n) is 6.37. The zero-order chi connectivity index (χ0) is 13.2. The molecule has 1 saturated heterocycles. The Morgan fingerprint density at radius 1 is 1.33 bits per heavy atom. The molecule has 0 spiro atoms. The summed E-state index contributed by atoms with van der Waals surface area (Å²) in [4.78, 5) is 2.17. The smallest absolute Gasteiger partial charge is 0.140 e. The molecular formula is C15H20N2O. The van der Waals surface area contributed by atoms with Gasteiger partial charge in [0.25, 0.3) is 0 Å². The summed E-state index contributed by atoms with van der Waals surface area (Å²) in [6.07, 6.45) is 0. The zero-order valence-electron chi connectivity index (χ0n) is 11.3. The summed E-state index contributed by atoms with van der Waals surface area (Å²) in [7, 11) is 0. The van der Waals surface area contributed by atoms with Gasteiger partial charge in [-0.1, -0.05) is 39.0 Å². The fourth-order valence-electron chi connectivity index (χ4n) is 2.36. The van der Waals surface area contributed by atoms with E-state index in [4.69, 9.17) is 4.74 Å². The lowest BCUT2D eigenvalue weighted by atomic mass is 9.85. The van der Waals surface area contributed by atoms with Crippen molar-refractivity contribution in [2.75, 3.05) is 24.7 Å². The number of nitrogens with zero attached hydrogens (tertiary/aromatic N) is 2. The van der Waals surface area contributed by atoms with E-state index in [2.05, 4.69) is 49.9 Å². The molecule has 0 bridgehead atoms. The highest BCUT2D eigenvalue weighted by Gasteiger charge is 2.27. The fourth-order valence-corrected chi connectivity index (χ4v) is 2.36. The number of benzene rings is 1. The fraction of sp³-hybridized carbons (Fsp3) is 0.533. The normalized spacial score (nSPS) is 20.6. The van der Waals surface area contributed by atoms with E-state index in [9.17, 15) is 5.26 Å². The summed E-state index contributed by atoms with van der Waals surface area (Å²) in [6.45, 7) is 8.58. The van der Waals surface area contributed by atoms with Gasteiger partial charge in [0.1, 0.15) is 6.04 Å². The number of ether oxygens (including phenoxy) is 1. The Bertz CT molecular complexity index is 456. The maximum atomic E-state index is 9.24. The van der Waals surface area contributed by atoms with Gasteiger partial charge in [-0.3, -0.25) is 0 Å². The molecule has 1 aromatic carbocycles. The molecule has 2 rings (SSSR count). The Balaban J connectivity index is 2.41. The van der Waals surface area contributed by atoms with Crippen molar-refractivity contribution >= 4 is 5.69 Å². The van der Waals surface area contributed by atoms with Crippen LogP contribution >= 0.6 is 0 Å². The van der Waals surface area contributed by atoms with Crippen molar-refractivity contribution in [1.82, 2.24) is 0 Å². The minimum atomic E-state index is -0.178. The Kier molecular flexibility index (Phi) is 3.58. The standard InChI is InChI=1S/C15H20N2O/c1-15(2,3)13-6-4-5-7-14(13)17-8-9-18-11-12(17)10-16/h4-7,12H,8-9,11H2,1-3H3. The summed E-state index contributed by atoms with van der Waals surface area (Å²) < 4.78 is 5.39. The van der Waals surface area contributed by atoms with Gasteiger partial charge in [0.15, 0.2) is 0 Å². The number of anilines is 1. The van der Waals surface area contributed by atoms with E-state index in [1.165, 1.54) is 11.3 Å². The number of hydrogen-bond acceptors (Lipinski definition) is 3. The zero-order valence-corrected chi connectivity index (χ0v) is 11.3. The lowest BCUT2D eigenvalue weighted by Gasteiger charge is -2.37. The van der Waals surface area contributed by atoms with Gasteiger partial charge < -0.3 is 9.64 Å². The maximum absolute atomic E-state index is 9.24. The monoisotopic (exact) mass is 244 g/mol. The lowest BCUT2D eigenvalue weighted by molar-refractivity contribution is 0.107. The molecule has 1 aliphatic rings. The molecule has 1 heterocycles. The van der Waals surface area contributed by atoms with Crippen LogP contribution in [0.4, 0.5) is 5.69 Å². The molecule has 0 N–H and O–H groups in total. The van der Waals surface area contributed by atoms with Crippen LogP contribution in [0.1, 0.15) is 26.3 Å². The third kappa shape index (κ3) is 2.49. The van der Waals surface area contributed by atoms with Gasteiger partial charge in [0.05, 0.1) is 19.3 Å². The molecule has 0 radical (unpaired) electrons. The maximum Gasteiger partial charge on any atom is 0.140 e. The quantitative estimate of drug-likeness (QED) is 0.762. The molecule has 0 aliphatic carbocycles. The van der Waals surface area contributed by atoms with Gasteiger partial charge in [0, 0.05) is 12.2 Å². The van der Waals surface area contributed by atoms with Gasteiger partial charge in [-0.05, 0) is 17.0 Å². The van der Waals surface area contributed by atoms with Crippen molar-refractivity contribution in [2.24, 2.45) is 0 Å². The number of rotatable bonds is 1. The second-order valence-electron chi connectivity index (χ2n) is 5.68. The van der Waals surface area contributed by atoms with E-state index in [0.717, 1.165) is 6.54 Å². The van der Waals surface area contributed by atoms with Crippen LogP contribution in [-0.4, -0.2) is 25.8 Å². The molecule has 1 unspecified atom stereocenters. The number of morpholine rings is 1. The van der Waals surface area contributed by atoms with Crippen LogP contribution in [0.3, 0.4) is 0 Å². The average Bonchev–Trinajstić information content (AvgIpc) is 2.37. The topological polar surface area (TPSA) is 36.3 Å². The van der Waals surface area contributed by atoms with Gasteiger partial charge in [-0.15, -0.1) is 0 Å². The molecule has 18 heavy (non-hydrogen) atoms. The van der Waals surface area contributed by atoms with Gasteiger partial charge in [-0.25, -0.2) is 0 Å². The van der Waals surface area contributed by atoms with Crippen molar-refractivity contribution in [1.29, 1.82) is 5.26 Å². The van der Waals surface area contributed by atoms with E-state index in [1.807, 2.05) is 6.07 Å². The van der Waals surface area contributed by atoms with Gasteiger partial charge in [-0.2, -0.15) is 5.26 Å². The molecular weight excluding hydrogens is 224 g/mol. The largest absolute Gasteiger partial charge is 0.376 e. The Labute approximate surface area is 109 Å². The summed E-state index contributed by atoms with van der Waals surface area (Å²) in [6, 6.07) is 10.5. The summed E-state index contributed by atoms with van der Waals surface area (Å²) in [5.74, 6) is 0. The molecule has 96 valence electrons. The minimum Gasteiger partial charge on any atom is -0.376 e. The molecule has 1 fully saturated rings. The minimum absolute atomic E-state index is 0.0783. The predicted octanol–water partition coefficient (Wildman–Crippen LogP) is 2.71. The van der Waals surface area contributed by atoms with Crippen LogP contribution in [0.15, 0.2) is 24.3 Å². The van der Waals surface area contributed by atoms with Crippen LogP contribution in [-0.2, 0) is 10.2 Å². The molecule has 0 aromatic heterocycles. The second kappa shape index (κ2) is 4.99. The first-order chi connectivity index (χ1) is 8.54. The molecule has 0 amide bonds. The first kappa shape index (κ1) is 12.9. The number of para-hydroxylation sites is 1. The van der Waals surface area contributed by atoms with E-state index in [1.54, 1.807) is 0 Å². The van der Waals surface area contributed by atoms with E-state index < -0.39 is 0 Å². The van der Waals surface area contributed by atoms with E-state index in [0.29, 0.717) is 13.2 Å². The summed E-state index contributed by atoms with van der Waals surface area (Å²) in [5.41, 5.74) is 2.53. The van der Waals surface area contributed by atoms with Gasteiger partial charge in [0.2, 0.25) is 0 Å². The Morgan fingerprint density at radius 2 is 2.06 bits per heavy atom. The molecule has 1 aromatic rings. The second-order valence-corrected chi connectivity index (χ2v) is 5.68. The predicted molar refractivity (Wildman–Crippen MR) is 72.7 cm³/mol. The van der Waals surface area contributed by atoms with Crippen molar-refractivity contribution in [2.45, 2.75) is 32.2 Å². The van der Waals surface area contributed by atoms with Crippen molar-refractivity contribution in [3.05, 3.63) is 29.8 Å². The highest BCUT2D eigenvalue weighted by molar-refractivity contribution is 5.58. The molecule has 3 nitrogen and oxygen atoms in total. The SMILES string of the molecule is CC(C)(C)c1ccccc1N1CCOCC1C#N. The average molecular weight is 244 g/mol. The highest BCUT2D eigenvalue weighted by Crippen LogP contribution is 2.33. The lowest BCUT2D eigenvalue weighted by Crippen LogP contribution is -2.45. The van der Waals surface area contributed by atoms with Crippen molar-refractivity contribution < 1.29 is 4.74 Å². The van der Waals surface area contributed by atoms with Gasteiger partial charge >= 0.3 is 0 Å². The number of nitriles is 1. The molecule has 0 saturated carbocycles. The van der Waals surface area contributed by atoms with Crippen LogP contribution in [0.2, 0.25) is 0 Å². The molecule has 1 aliphatic heterocycles. The van der Waals surface area contributed by atoms with E-state index >= 15 is 0 Å². The van der Waals surface area contributed by atoms with Crippen LogP contribution in [0.5, 0.6) is 0 Å². The van der Waals surface area contributed by atoms with Crippen LogP contribution < -0.4 is 4.90 Å². The van der Waals surface area contributed by atoms with E-state index in [-0.39, 0.29) is 11.5 Å². The molecule has 1 atom stereocenters. The summed E-state index contributed by atoms with van der Waals surface area (Å²) >= 11 is 0. The Morgan fingerprint density at radius 3 is 2.72 bits per heavy atom. The molecule has 3 heteroatoms. The third-order valence-electron chi connectivity index (χ3n) is 3.30. The third-order valence-corrected chi connectivity index (χ3v) is 3.30. The highest BCUT2D eigenvalue weighted by atomic mass is 16.5. The Hall–Kier alpha value is -1.53. The van der Waals surface area contributed by atoms with Crippen molar-refractivity contribution in [3.63, 3.8) is 0 Å². The number of hydrogen-bond donors (Lipinski definition) is 0. The van der Waals surface area contributed by atoms with Crippen LogP contribution in [0.25, 0.3) is 0 Å². The van der Waals surface area contributed by atoms with Crippen LogP contribution in [0, 0.1) is 11.3 Å².